The van der Waals surface area contributed by atoms with Crippen LogP contribution in [-0.4, -0.2) is 42.7 Å². The van der Waals surface area contributed by atoms with Gasteiger partial charge in [-0.15, -0.1) is 0 Å². The van der Waals surface area contributed by atoms with Gasteiger partial charge in [0.15, 0.2) is 0 Å². The zero-order valence-corrected chi connectivity index (χ0v) is 15.2. The minimum absolute atomic E-state index is 0.114. The molecule has 3 aromatic rings. The van der Waals surface area contributed by atoms with E-state index in [-0.39, 0.29) is 11.9 Å². The molecule has 0 saturated carbocycles. The Morgan fingerprint density at radius 2 is 2.15 bits per heavy atom. The van der Waals surface area contributed by atoms with Crippen molar-refractivity contribution in [2.24, 2.45) is 0 Å². The Hall–Kier alpha value is -2.89. The molecule has 1 fully saturated rings. The monoisotopic (exact) mass is 349 g/mol. The van der Waals surface area contributed by atoms with Crippen molar-refractivity contribution in [3.05, 3.63) is 66.0 Å². The van der Waals surface area contributed by atoms with Gasteiger partial charge >= 0.3 is 0 Å². The third kappa shape index (κ3) is 2.92. The number of hydrogen-bond donors (Lipinski definition) is 0. The first-order valence-corrected chi connectivity index (χ1v) is 9.03. The first kappa shape index (κ1) is 16.6. The summed E-state index contributed by atoms with van der Waals surface area (Å²) in [4.78, 5) is 19.5. The van der Waals surface area contributed by atoms with Crippen molar-refractivity contribution in [2.45, 2.75) is 39.3 Å². The van der Waals surface area contributed by atoms with Gasteiger partial charge in [0.25, 0.3) is 5.91 Å². The highest BCUT2D eigenvalue weighted by molar-refractivity contribution is 5.96. The normalized spacial score (nSPS) is 17.0. The van der Waals surface area contributed by atoms with Gasteiger partial charge in [-0.05, 0) is 51.0 Å². The lowest BCUT2D eigenvalue weighted by atomic mass is 10.1. The summed E-state index contributed by atoms with van der Waals surface area (Å²) >= 11 is 0. The maximum atomic E-state index is 13.3. The zero-order chi connectivity index (χ0) is 18.1. The summed E-state index contributed by atoms with van der Waals surface area (Å²) in [5.74, 6) is 0.114. The van der Waals surface area contributed by atoms with Crippen molar-refractivity contribution < 1.29 is 4.79 Å². The van der Waals surface area contributed by atoms with E-state index in [1.807, 2.05) is 60.1 Å². The number of pyridine rings is 1. The minimum Gasteiger partial charge on any atom is -0.334 e. The average molecular weight is 349 g/mol. The number of carbonyl (C=O) groups excluding carboxylic acids is 1. The summed E-state index contributed by atoms with van der Waals surface area (Å²) in [6, 6.07) is 8.04. The standard InChI is InChI=1S/C20H23N5O/c1-15-12-19(16(2)25(15)17-6-3-8-21-13-17)20(26)24-11-4-7-18(24)14-23-10-5-9-22-23/h3,5-6,8-10,12-13,18H,4,7,11,14H2,1-2H3. The first-order valence-electron chi connectivity index (χ1n) is 9.03. The van der Waals surface area contributed by atoms with E-state index in [0.717, 1.165) is 48.6 Å². The summed E-state index contributed by atoms with van der Waals surface area (Å²) in [6.45, 7) is 5.59. The van der Waals surface area contributed by atoms with Gasteiger partial charge in [-0.2, -0.15) is 5.10 Å². The van der Waals surface area contributed by atoms with Crippen LogP contribution < -0.4 is 0 Å². The Balaban J connectivity index is 1.62. The predicted octanol–water partition coefficient (Wildman–Crippen LogP) is 2.99. The van der Waals surface area contributed by atoms with E-state index in [4.69, 9.17) is 0 Å². The van der Waals surface area contributed by atoms with E-state index >= 15 is 0 Å². The molecule has 134 valence electrons. The quantitative estimate of drug-likeness (QED) is 0.728. The fourth-order valence-electron chi connectivity index (χ4n) is 3.93. The second kappa shape index (κ2) is 6.78. The molecule has 0 aliphatic carbocycles. The number of hydrogen-bond acceptors (Lipinski definition) is 3. The third-order valence-corrected chi connectivity index (χ3v) is 5.16. The van der Waals surface area contributed by atoms with Gasteiger partial charge in [0, 0.05) is 36.5 Å². The predicted molar refractivity (Wildman–Crippen MR) is 99.3 cm³/mol. The van der Waals surface area contributed by atoms with Crippen molar-refractivity contribution in [2.75, 3.05) is 6.54 Å². The molecule has 1 aliphatic rings. The van der Waals surface area contributed by atoms with Crippen molar-refractivity contribution >= 4 is 5.91 Å². The molecular weight excluding hydrogens is 326 g/mol. The molecule has 4 rings (SSSR count). The van der Waals surface area contributed by atoms with Gasteiger partial charge in [-0.3, -0.25) is 14.5 Å². The summed E-state index contributed by atoms with van der Waals surface area (Å²) in [5, 5.41) is 4.29. The number of amides is 1. The van der Waals surface area contributed by atoms with Crippen LogP contribution >= 0.6 is 0 Å². The van der Waals surface area contributed by atoms with Crippen LogP contribution in [-0.2, 0) is 6.54 Å². The SMILES string of the molecule is Cc1cc(C(=O)N2CCCC2Cn2cccn2)c(C)n1-c1cccnc1. The first-order chi connectivity index (χ1) is 12.6. The van der Waals surface area contributed by atoms with Crippen LogP contribution in [0.4, 0.5) is 0 Å². The molecule has 0 bridgehead atoms. The van der Waals surface area contributed by atoms with Crippen molar-refractivity contribution in [1.82, 2.24) is 24.2 Å². The maximum Gasteiger partial charge on any atom is 0.256 e. The number of nitrogens with zero attached hydrogens (tertiary/aromatic N) is 5. The molecule has 0 N–H and O–H groups in total. The molecule has 1 atom stereocenters. The van der Waals surface area contributed by atoms with Crippen LogP contribution in [0, 0.1) is 13.8 Å². The van der Waals surface area contributed by atoms with E-state index in [0.29, 0.717) is 0 Å². The Kier molecular flexibility index (Phi) is 4.32. The van der Waals surface area contributed by atoms with Crippen LogP contribution in [0.2, 0.25) is 0 Å². The fraction of sp³-hybridized carbons (Fsp3) is 0.350. The van der Waals surface area contributed by atoms with Crippen LogP contribution in [0.3, 0.4) is 0 Å². The Morgan fingerprint density at radius 3 is 2.88 bits per heavy atom. The highest BCUT2D eigenvalue weighted by Gasteiger charge is 2.31. The van der Waals surface area contributed by atoms with Crippen LogP contribution in [0.5, 0.6) is 0 Å². The van der Waals surface area contributed by atoms with Gasteiger partial charge in [0.1, 0.15) is 0 Å². The second-order valence-electron chi connectivity index (χ2n) is 6.85. The molecule has 26 heavy (non-hydrogen) atoms. The molecule has 3 aromatic heterocycles. The molecule has 6 heteroatoms. The van der Waals surface area contributed by atoms with Gasteiger partial charge in [0.2, 0.25) is 0 Å². The Morgan fingerprint density at radius 1 is 1.27 bits per heavy atom. The zero-order valence-electron chi connectivity index (χ0n) is 15.2. The van der Waals surface area contributed by atoms with Gasteiger partial charge in [0.05, 0.1) is 30.0 Å². The molecule has 6 nitrogen and oxygen atoms in total. The van der Waals surface area contributed by atoms with E-state index in [1.54, 1.807) is 12.4 Å². The summed E-state index contributed by atoms with van der Waals surface area (Å²) in [5.41, 5.74) is 3.77. The Bertz CT molecular complexity index is 898. The van der Waals surface area contributed by atoms with E-state index < -0.39 is 0 Å². The molecule has 1 aliphatic heterocycles. The van der Waals surface area contributed by atoms with E-state index in [2.05, 4.69) is 14.6 Å². The fourth-order valence-corrected chi connectivity index (χ4v) is 3.93. The summed E-state index contributed by atoms with van der Waals surface area (Å²) < 4.78 is 4.01. The van der Waals surface area contributed by atoms with Gasteiger partial charge < -0.3 is 9.47 Å². The average Bonchev–Trinajstić information content (AvgIpc) is 3.37. The van der Waals surface area contributed by atoms with Crippen molar-refractivity contribution in [3.8, 4) is 5.69 Å². The van der Waals surface area contributed by atoms with E-state index in [9.17, 15) is 4.79 Å². The molecule has 0 spiro atoms. The molecule has 1 unspecified atom stereocenters. The molecular formula is C20H23N5O. The number of likely N-dealkylation sites (tertiary alicyclic amines) is 1. The number of rotatable bonds is 4. The lowest BCUT2D eigenvalue weighted by Gasteiger charge is -2.25. The van der Waals surface area contributed by atoms with Crippen LogP contribution in [0.25, 0.3) is 5.69 Å². The molecule has 0 radical (unpaired) electrons. The van der Waals surface area contributed by atoms with Crippen molar-refractivity contribution in [3.63, 3.8) is 0 Å². The van der Waals surface area contributed by atoms with Crippen LogP contribution in [0.15, 0.2) is 49.1 Å². The topological polar surface area (TPSA) is 56.0 Å². The highest BCUT2D eigenvalue weighted by Crippen LogP contribution is 2.26. The molecule has 1 saturated heterocycles. The van der Waals surface area contributed by atoms with E-state index in [1.165, 1.54) is 0 Å². The minimum atomic E-state index is 0.114. The maximum absolute atomic E-state index is 13.3. The molecule has 4 heterocycles. The number of aromatic nitrogens is 4. The number of aryl methyl sites for hydroxylation is 1. The lowest BCUT2D eigenvalue weighted by Crippen LogP contribution is -2.38. The van der Waals surface area contributed by atoms with Crippen molar-refractivity contribution in [1.29, 1.82) is 0 Å². The second-order valence-corrected chi connectivity index (χ2v) is 6.85. The van der Waals surface area contributed by atoms with Crippen LogP contribution in [0.1, 0.15) is 34.6 Å². The summed E-state index contributed by atoms with van der Waals surface area (Å²) in [7, 11) is 0. The number of carbonyl (C=O) groups is 1. The van der Waals surface area contributed by atoms with Gasteiger partial charge in [-0.25, -0.2) is 0 Å². The Labute approximate surface area is 153 Å². The third-order valence-electron chi connectivity index (χ3n) is 5.16. The molecule has 0 aromatic carbocycles. The molecule has 1 amide bonds. The largest absolute Gasteiger partial charge is 0.334 e. The lowest BCUT2D eigenvalue weighted by molar-refractivity contribution is 0.0721. The highest BCUT2D eigenvalue weighted by atomic mass is 16.2. The smallest absolute Gasteiger partial charge is 0.256 e. The van der Waals surface area contributed by atoms with Gasteiger partial charge in [-0.1, -0.05) is 0 Å². The summed E-state index contributed by atoms with van der Waals surface area (Å²) in [6.07, 6.45) is 9.38.